The molecule has 3 nitrogen and oxygen atoms in total. The fourth-order valence-electron chi connectivity index (χ4n) is 2.33. The van der Waals surface area contributed by atoms with Crippen LogP contribution in [0, 0.1) is 0 Å². The molecule has 112 valence electrons. The number of hydrogen-bond donors (Lipinski definition) is 0. The van der Waals surface area contributed by atoms with Crippen molar-refractivity contribution >= 4 is 5.97 Å². The summed E-state index contributed by atoms with van der Waals surface area (Å²) in [6.45, 7) is 6.53. The molecule has 0 spiro atoms. The van der Waals surface area contributed by atoms with Gasteiger partial charge in [0, 0.05) is 0 Å². The number of nitrogens with zero attached hydrogens (tertiary/aromatic N) is 1. The molecule has 0 saturated heterocycles. The van der Waals surface area contributed by atoms with Crippen LogP contribution >= 0.6 is 0 Å². The number of esters is 1. The number of benzene rings is 1. The van der Waals surface area contributed by atoms with Gasteiger partial charge < -0.3 is 4.74 Å². The van der Waals surface area contributed by atoms with Gasteiger partial charge in [-0.2, -0.15) is 0 Å². The van der Waals surface area contributed by atoms with Crippen LogP contribution in [0.15, 0.2) is 24.3 Å². The minimum atomic E-state index is -0.336. The average Bonchev–Trinajstić information content (AvgIpc) is 2.39. The average molecular weight is 277 g/mol. The number of rotatable bonds is 7. The van der Waals surface area contributed by atoms with Gasteiger partial charge in [0.15, 0.2) is 0 Å². The third kappa shape index (κ3) is 4.07. The maximum atomic E-state index is 11.9. The summed E-state index contributed by atoms with van der Waals surface area (Å²) < 4.78 is 5.11. The maximum Gasteiger partial charge on any atom is 0.307 e. The number of hydrogen-bond acceptors (Lipinski definition) is 3. The van der Waals surface area contributed by atoms with Crippen molar-refractivity contribution in [3.8, 4) is 0 Å². The van der Waals surface area contributed by atoms with E-state index in [1.165, 1.54) is 5.56 Å². The second kappa shape index (κ2) is 7.44. The van der Waals surface area contributed by atoms with Crippen LogP contribution < -0.4 is 0 Å². The summed E-state index contributed by atoms with van der Waals surface area (Å²) in [6, 6.07) is 8.58. The molecule has 0 amide bonds. The molecule has 20 heavy (non-hydrogen) atoms. The molecule has 1 aromatic carbocycles. The second-order valence-electron chi connectivity index (χ2n) is 5.60. The standard InChI is InChI=1S/C17H27NO2/c1-6-8-14-9-11-15(12-10-14)17(3,18(4)5)13-16(19)20-7-2/h9-12H,6-8,13H2,1-5H3. The first-order chi connectivity index (χ1) is 9.43. The molecule has 0 N–H and O–H groups in total. The van der Waals surface area contributed by atoms with Crippen molar-refractivity contribution in [3.63, 3.8) is 0 Å². The highest BCUT2D eigenvalue weighted by molar-refractivity contribution is 5.71. The summed E-state index contributed by atoms with van der Waals surface area (Å²) in [5.41, 5.74) is 2.15. The van der Waals surface area contributed by atoms with Crippen LogP contribution in [0.3, 0.4) is 0 Å². The molecule has 0 bridgehead atoms. The Morgan fingerprint density at radius 1 is 1.20 bits per heavy atom. The topological polar surface area (TPSA) is 29.5 Å². The summed E-state index contributed by atoms with van der Waals surface area (Å²) in [7, 11) is 4.00. The highest BCUT2D eigenvalue weighted by Crippen LogP contribution is 2.30. The van der Waals surface area contributed by atoms with E-state index in [1.807, 2.05) is 21.0 Å². The Kier molecular flexibility index (Phi) is 6.21. The first-order valence-corrected chi connectivity index (χ1v) is 7.36. The summed E-state index contributed by atoms with van der Waals surface area (Å²) in [4.78, 5) is 13.9. The Bertz CT molecular complexity index is 425. The molecule has 0 saturated carbocycles. The third-order valence-electron chi connectivity index (χ3n) is 3.90. The summed E-state index contributed by atoms with van der Waals surface area (Å²) >= 11 is 0. The number of carbonyl (C=O) groups excluding carboxylic acids is 1. The van der Waals surface area contributed by atoms with Crippen molar-refractivity contribution in [3.05, 3.63) is 35.4 Å². The monoisotopic (exact) mass is 277 g/mol. The molecule has 0 aliphatic carbocycles. The van der Waals surface area contributed by atoms with Crippen LogP contribution in [-0.4, -0.2) is 31.6 Å². The van der Waals surface area contributed by atoms with Crippen molar-refractivity contribution < 1.29 is 9.53 Å². The maximum absolute atomic E-state index is 11.9. The van der Waals surface area contributed by atoms with E-state index in [4.69, 9.17) is 4.74 Å². The molecule has 1 atom stereocenters. The van der Waals surface area contributed by atoms with Gasteiger partial charge in [0.05, 0.1) is 18.6 Å². The van der Waals surface area contributed by atoms with Gasteiger partial charge in [-0.25, -0.2) is 0 Å². The van der Waals surface area contributed by atoms with E-state index in [-0.39, 0.29) is 11.5 Å². The minimum absolute atomic E-state index is 0.152. The van der Waals surface area contributed by atoms with Gasteiger partial charge in [-0.15, -0.1) is 0 Å². The second-order valence-corrected chi connectivity index (χ2v) is 5.60. The Morgan fingerprint density at radius 3 is 2.25 bits per heavy atom. The molecule has 1 aromatic rings. The molecule has 0 aliphatic rings. The molecular formula is C17H27NO2. The molecule has 0 radical (unpaired) electrons. The van der Waals surface area contributed by atoms with Gasteiger partial charge >= 0.3 is 5.97 Å². The molecule has 1 rings (SSSR count). The minimum Gasteiger partial charge on any atom is -0.466 e. The molecule has 1 unspecified atom stereocenters. The van der Waals surface area contributed by atoms with Crippen LogP contribution in [0.2, 0.25) is 0 Å². The van der Waals surface area contributed by atoms with Crippen molar-refractivity contribution in [2.75, 3.05) is 20.7 Å². The van der Waals surface area contributed by atoms with E-state index in [0.29, 0.717) is 13.0 Å². The lowest BCUT2D eigenvalue weighted by atomic mass is 9.86. The van der Waals surface area contributed by atoms with Crippen LogP contribution in [0.1, 0.15) is 44.7 Å². The van der Waals surface area contributed by atoms with Crippen LogP contribution in [0.25, 0.3) is 0 Å². The van der Waals surface area contributed by atoms with Crippen LogP contribution in [0.5, 0.6) is 0 Å². The first kappa shape index (κ1) is 16.7. The lowest BCUT2D eigenvalue weighted by Gasteiger charge is -2.36. The Hall–Kier alpha value is -1.35. The smallest absolute Gasteiger partial charge is 0.307 e. The highest BCUT2D eigenvalue weighted by Gasteiger charge is 2.32. The number of carbonyl (C=O) groups is 1. The molecule has 3 heteroatoms. The Balaban J connectivity index is 2.97. The lowest BCUT2D eigenvalue weighted by molar-refractivity contribution is -0.146. The van der Waals surface area contributed by atoms with Crippen molar-refractivity contribution in [1.29, 1.82) is 0 Å². The van der Waals surface area contributed by atoms with Gasteiger partial charge in [0.25, 0.3) is 0 Å². The van der Waals surface area contributed by atoms with Gasteiger partial charge in [-0.1, -0.05) is 37.6 Å². The van der Waals surface area contributed by atoms with Gasteiger partial charge in [0.2, 0.25) is 0 Å². The highest BCUT2D eigenvalue weighted by atomic mass is 16.5. The SMILES string of the molecule is CCCc1ccc(C(C)(CC(=O)OCC)N(C)C)cc1. The lowest BCUT2D eigenvalue weighted by Crippen LogP contribution is -2.40. The number of ether oxygens (including phenoxy) is 1. The Labute approximate surface area is 122 Å². The van der Waals surface area contributed by atoms with Crippen LogP contribution in [0.4, 0.5) is 0 Å². The summed E-state index contributed by atoms with van der Waals surface area (Å²) in [5, 5.41) is 0. The zero-order chi connectivity index (χ0) is 15.2. The zero-order valence-corrected chi connectivity index (χ0v) is 13.4. The Morgan fingerprint density at radius 2 is 1.80 bits per heavy atom. The molecule has 0 aromatic heterocycles. The largest absolute Gasteiger partial charge is 0.466 e. The molecule has 0 fully saturated rings. The first-order valence-electron chi connectivity index (χ1n) is 7.36. The van der Waals surface area contributed by atoms with Gasteiger partial charge in [-0.05, 0) is 45.5 Å². The van der Waals surface area contributed by atoms with E-state index in [9.17, 15) is 4.79 Å². The molecular weight excluding hydrogens is 250 g/mol. The van der Waals surface area contributed by atoms with Gasteiger partial charge in [-0.3, -0.25) is 9.69 Å². The number of aryl methyl sites for hydroxylation is 1. The van der Waals surface area contributed by atoms with E-state index < -0.39 is 0 Å². The molecule has 0 aliphatic heterocycles. The third-order valence-corrected chi connectivity index (χ3v) is 3.90. The van der Waals surface area contributed by atoms with Crippen molar-refractivity contribution in [2.45, 2.75) is 45.6 Å². The van der Waals surface area contributed by atoms with Gasteiger partial charge in [0.1, 0.15) is 0 Å². The summed E-state index contributed by atoms with van der Waals surface area (Å²) in [5.74, 6) is -0.152. The van der Waals surface area contributed by atoms with E-state index in [0.717, 1.165) is 18.4 Å². The predicted octanol–water partition coefficient (Wildman–Crippen LogP) is 3.37. The quantitative estimate of drug-likeness (QED) is 0.716. The van der Waals surface area contributed by atoms with Crippen LogP contribution in [-0.2, 0) is 21.5 Å². The van der Waals surface area contributed by atoms with E-state index in [2.05, 4.69) is 43.0 Å². The van der Waals surface area contributed by atoms with Crippen molar-refractivity contribution in [1.82, 2.24) is 4.90 Å². The van der Waals surface area contributed by atoms with E-state index >= 15 is 0 Å². The zero-order valence-electron chi connectivity index (χ0n) is 13.4. The summed E-state index contributed by atoms with van der Waals surface area (Å²) in [6.07, 6.45) is 2.60. The van der Waals surface area contributed by atoms with Crippen molar-refractivity contribution in [2.24, 2.45) is 0 Å². The molecule has 0 heterocycles. The normalized spacial score (nSPS) is 14.1. The predicted molar refractivity (Wildman–Crippen MR) is 82.7 cm³/mol. The fraction of sp³-hybridized carbons (Fsp3) is 0.588. The van der Waals surface area contributed by atoms with E-state index in [1.54, 1.807) is 0 Å². The fourth-order valence-corrected chi connectivity index (χ4v) is 2.33.